The van der Waals surface area contributed by atoms with Gasteiger partial charge in [0.15, 0.2) is 0 Å². The molecule has 3 aromatic rings. The van der Waals surface area contributed by atoms with Crippen LogP contribution in [0.15, 0.2) is 84.9 Å². The largest absolute Gasteiger partial charge is 0.480 e. The van der Waals surface area contributed by atoms with Gasteiger partial charge in [-0.15, -0.1) is 0 Å². The van der Waals surface area contributed by atoms with Crippen molar-refractivity contribution in [2.45, 2.75) is 6.04 Å². The molecule has 0 fully saturated rings. The van der Waals surface area contributed by atoms with Gasteiger partial charge >= 0.3 is 5.97 Å². The fourth-order valence-electron chi connectivity index (χ4n) is 2.67. The van der Waals surface area contributed by atoms with Crippen LogP contribution in [0.5, 0.6) is 0 Å². The maximum absolute atomic E-state index is 11.4. The van der Waals surface area contributed by atoms with Gasteiger partial charge in [-0.2, -0.15) is 0 Å². The van der Waals surface area contributed by atoms with Gasteiger partial charge < -0.3 is 10.8 Å². The van der Waals surface area contributed by atoms with E-state index in [4.69, 9.17) is 5.73 Å². The molecular weight excluding hydrogens is 317 g/mol. The second-order valence-corrected chi connectivity index (χ2v) is 7.57. The van der Waals surface area contributed by atoms with Gasteiger partial charge in [0.1, 0.15) is 6.04 Å². The average Bonchev–Trinajstić information content (AvgIpc) is 2.63. The molecule has 0 bridgehead atoms. The molecule has 24 heavy (non-hydrogen) atoms. The lowest BCUT2D eigenvalue weighted by atomic mass is 10.1. The Labute approximate surface area is 142 Å². The normalized spacial score (nSPS) is 12.1. The Morgan fingerprint density at radius 2 is 1.25 bits per heavy atom. The third kappa shape index (κ3) is 3.38. The summed E-state index contributed by atoms with van der Waals surface area (Å²) in [6.07, 6.45) is 0. The van der Waals surface area contributed by atoms with E-state index in [9.17, 15) is 9.90 Å². The molecule has 0 saturated heterocycles. The zero-order chi connectivity index (χ0) is 16.9. The maximum atomic E-state index is 11.4. The Hall–Kier alpha value is -2.48. The van der Waals surface area contributed by atoms with Crippen molar-refractivity contribution >= 4 is 29.8 Å². The van der Waals surface area contributed by atoms with E-state index in [-0.39, 0.29) is 0 Å². The van der Waals surface area contributed by atoms with Gasteiger partial charge in [0.05, 0.1) is 0 Å². The van der Waals surface area contributed by atoms with Crippen LogP contribution >= 0.6 is 7.92 Å². The molecule has 4 heteroatoms. The summed E-state index contributed by atoms with van der Waals surface area (Å²) in [5, 5.41) is 12.7. The van der Waals surface area contributed by atoms with E-state index < -0.39 is 19.9 Å². The van der Waals surface area contributed by atoms with Gasteiger partial charge in [-0.1, -0.05) is 84.9 Å². The van der Waals surface area contributed by atoms with Crippen LogP contribution in [0.4, 0.5) is 0 Å². The molecule has 0 aliphatic heterocycles. The molecule has 3 nitrogen and oxygen atoms in total. The monoisotopic (exact) mass is 335 g/mol. The SMILES string of the molecule is NC(C(=O)O)c1ccccc1P(c1ccccc1)c1ccccc1. The number of carboxylic acid groups (broad SMARTS) is 1. The zero-order valence-corrected chi connectivity index (χ0v) is 13.9. The summed E-state index contributed by atoms with van der Waals surface area (Å²) < 4.78 is 0. The van der Waals surface area contributed by atoms with Crippen LogP contribution in [0.1, 0.15) is 11.6 Å². The maximum Gasteiger partial charge on any atom is 0.325 e. The van der Waals surface area contributed by atoms with Crippen molar-refractivity contribution in [3.05, 3.63) is 90.5 Å². The van der Waals surface area contributed by atoms with Gasteiger partial charge in [-0.05, 0) is 29.4 Å². The van der Waals surface area contributed by atoms with Crippen molar-refractivity contribution in [2.75, 3.05) is 0 Å². The summed E-state index contributed by atoms with van der Waals surface area (Å²) in [5.41, 5.74) is 6.61. The fourth-order valence-corrected chi connectivity index (χ4v) is 5.17. The molecule has 0 radical (unpaired) electrons. The Balaban J connectivity index is 2.19. The highest BCUT2D eigenvalue weighted by molar-refractivity contribution is 7.79. The molecule has 3 N–H and O–H groups in total. The predicted octanol–water partition coefficient (Wildman–Crippen LogP) is 2.53. The van der Waals surface area contributed by atoms with Crippen LogP contribution in [0.25, 0.3) is 0 Å². The summed E-state index contributed by atoms with van der Waals surface area (Å²) in [4.78, 5) is 11.4. The van der Waals surface area contributed by atoms with E-state index in [1.165, 1.54) is 10.6 Å². The minimum atomic E-state index is -1.03. The highest BCUT2D eigenvalue weighted by Crippen LogP contribution is 2.35. The molecule has 120 valence electrons. The first-order valence-electron chi connectivity index (χ1n) is 7.66. The van der Waals surface area contributed by atoms with Gasteiger partial charge in [0, 0.05) is 0 Å². The fraction of sp³-hybridized carbons (Fsp3) is 0.0500. The predicted molar refractivity (Wildman–Crippen MR) is 99.7 cm³/mol. The lowest BCUT2D eigenvalue weighted by molar-refractivity contribution is -0.138. The molecule has 0 aromatic heterocycles. The van der Waals surface area contributed by atoms with E-state index in [0.29, 0.717) is 5.56 Å². The van der Waals surface area contributed by atoms with Crippen LogP contribution in [0.2, 0.25) is 0 Å². The first kappa shape index (κ1) is 16.4. The van der Waals surface area contributed by atoms with E-state index in [1.54, 1.807) is 0 Å². The highest BCUT2D eigenvalue weighted by atomic mass is 31.1. The van der Waals surface area contributed by atoms with Crippen molar-refractivity contribution in [1.29, 1.82) is 0 Å². The summed E-state index contributed by atoms with van der Waals surface area (Å²) in [5.74, 6) is -1.02. The molecule has 1 unspecified atom stereocenters. The molecule has 0 heterocycles. The number of rotatable bonds is 5. The summed E-state index contributed by atoms with van der Waals surface area (Å²) in [7, 11) is -0.867. The smallest absolute Gasteiger partial charge is 0.325 e. The van der Waals surface area contributed by atoms with Crippen molar-refractivity contribution in [2.24, 2.45) is 5.73 Å². The van der Waals surface area contributed by atoms with Gasteiger partial charge in [0.2, 0.25) is 0 Å². The van der Waals surface area contributed by atoms with Crippen molar-refractivity contribution < 1.29 is 9.90 Å². The number of hydrogen-bond acceptors (Lipinski definition) is 2. The molecule has 1 atom stereocenters. The first-order valence-corrected chi connectivity index (χ1v) is 9.00. The quantitative estimate of drug-likeness (QED) is 0.704. The topological polar surface area (TPSA) is 63.3 Å². The lowest BCUT2D eigenvalue weighted by Crippen LogP contribution is -2.30. The van der Waals surface area contributed by atoms with Crippen LogP contribution in [-0.4, -0.2) is 11.1 Å². The molecule has 3 aromatic carbocycles. The molecule has 3 rings (SSSR count). The van der Waals surface area contributed by atoms with Crippen molar-refractivity contribution in [3.8, 4) is 0 Å². The van der Waals surface area contributed by atoms with Crippen LogP contribution in [0, 0.1) is 0 Å². The van der Waals surface area contributed by atoms with Gasteiger partial charge in [-0.25, -0.2) is 0 Å². The number of aliphatic carboxylic acids is 1. The highest BCUT2D eigenvalue weighted by Gasteiger charge is 2.24. The molecule has 0 saturated carbocycles. The zero-order valence-electron chi connectivity index (χ0n) is 13.0. The summed E-state index contributed by atoms with van der Waals surface area (Å²) in [6, 6.07) is 26.9. The standard InChI is InChI=1S/C20H18NO2P/c21-19(20(22)23)17-13-7-8-14-18(17)24(15-9-3-1-4-10-15)16-11-5-2-6-12-16/h1-14,19H,21H2,(H,22,23). The molecule has 0 spiro atoms. The Morgan fingerprint density at radius 3 is 1.75 bits per heavy atom. The molecular formula is C20H18NO2P. The second-order valence-electron chi connectivity index (χ2n) is 5.38. The van der Waals surface area contributed by atoms with Gasteiger partial charge in [-0.3, -0.25) is 4.79 Å². The van der Waals surface area contributed by atoms with E-state index >= 15 is 0 Å². The number of nitrogens with two attached hydrogens (primary N) is 1. The Kier molecular flexibility index (Phi) is 5.05. The van der Waals surface area contributed by atoms with E-state index in [0.717, 1.165) is 5.30 Å². The molecule has 0 aliphatic rings. The average molecular weight is 335 g/mol. The van der Waals surface area contributed by atoms with Crippen molar-refractivity contribution in [3.63, 3.8) is 0 Å². The van der Waals surface area contributed by atoms with Crippen LogP contribution in [0.3, 0.4) is 0 Å². The van der Waals surface area contributed by atoms with Crippen molar-refractivity contribution in [1.82, 2.24) is 0 Å². The third-order valence-corrected chi connectivity index (χ3v) is 6.33. The Bertz CT molecular complexity index is 782. The molecule has 0 aliphatic carbocycles. The number of hydrogen-bond donors (Lipinski definition) is 2. The van der Waals surface area contributed by atoms with E-state index in [2.05, 4.69) is 24.3 Å². The lowest BCUT2D eigenvalue weighted by Gasteiger charge is -2.23. The summed E-state index contributed by atoms with van der Waals surface area (Å²) >= 11 is 0. The minimum Gasteiger partial charge on any atom is -0.480 e. The first-order chi connectivity index (χ1) is 11.7. The molecule has 0 amide bonds. The Morgan fingerprint density at radius 1 is 0.792 bits per heavy atom. The minimum absolute atomic E-state index is 0.670. The van der Waals surface area contributed by atoms with Crippen LogP contribution in [-0.2, 0) is 4.79 Å². The number of benzene rings is 3. The second kappa shape index (κ2) is 7.39. The number of carbonyl (C=O) groups is 1. The van der Waals surface area contributed by atoms with E-state index in [1.807, 2.05) is 60.7 Å². The third-order valence-electron chi connectivity index (χ3n) is 3.81. The van der Waals surface area contributed by atoms with Crippen LogP contribution < -0.4 is 21.6 Å². The summed E-state index contributed by atoms with van der Waals surface area (Å²) in [6.45, 7) is 0. The number of carboxylic acids is 1. The van der Waals surface area contributed by atoms with Gasteiger partial charge in [0.25, 0.3) is 0 Å².